The van der Waals surface area contributed by atoms with Gasteiger partial charge in [-0.2, -0.15) is 5.10 Å². The van der Waals surface area contributed by atoms with Gasteiger partial charge in [0, 0.05) is 25.2 Å². The average molecular weight is 423 g/mol. The van der Waals surface area contributed by atoms with Crippen LogP contribution in [0.15, 0.2) is 70.8 Å². The van der Waals surface area contributed by atoms with Gasteiger partial charge in [0.15, 0.2) is 11.8 Å². The summed E-state index contributed by atoms with van der Waals surface area (Å²) < 4.78 is 0. The Morgan fingerprint density at radius 1 is 1.13 bits per heavy atom. The molecule has 0 saturated heterocycles. The highest BCUT2D eigenvalue weighted by Gasteiger charge is 2.29. The van der Waals surface area contributed by atoms with E-state index in [1.807, 2.05) is 48.5 Å². The maximum absolute atomic E-state index is 12.4. The zero-order chi connectivity index (χ0) is 22.1. The fraction of sp³-hybridized carbons (Fsp3) is 0.318. The molecule has 9 heteroatoms. The minimum Gasteiger partial charge on any atom is -0.370 e. The summed E-state index contributed by atoms with van der Waals surface area (Å²) in [6.07, 6.45) is 1.04. The molecule has 0 spiro atoms. The van der Waals surface area contributed by atoms with Crippen LogP contribution in [-0.4, -0.2) is 48.3 Å². The van der Waals surface area contributed by atoms with E-state index in [0.29, 0.717) is 32.5 Å². The Morgan fingerprint density at radius 3 is 2.48 bits per heavy atom. The molecule has 1 amide bonds. The Balaban J connectivity index is 1.59. The maximum atomic E-state index is 12.4. The lowest BCUT2D eigenvalue weighted by molar-refractivity contribution is -0.122. The topological polar surface area (TPSA) is 147 Å². The Labute approximate surface area is 182 Å². The number of benzene rings is 2. The van der Waals surface area contributed by atoms with Gasteiger partial charge in [-0.05, 0) is 18.4 Å². The van der Waals surface area contributed by atoms with Gasteiger partial charge in [0.05, 0.1) is 6.04 Å². The number of carbonyl (C=O) groups excluding carboxylic acids is 1. The van der Waals surface area contributed by atoms with Gasteiger partial charge in [0.2, 0.25) is 5.91 Å². The van der Waals surface area contributed by atoms with Crippen LogP contribution < -0.4 is 27.9 Å². The molecule has 164 valence electrons. The third-order valence-electron chi connectivity index (χ3n) is 4.98. The molecule has 31 heavy (non-hydrogen) atoms. The number of nitrogens with two attached hydrogens (primary N) is 3. The quantitative estimate of drug-likeness (QED) is 0.213. The van der Waals surface area contributed by atoms with Crippen molar-refractivity contribution in [1.82, 2.24) is 15.6 Å². The van der Waals surface area contributed by atoms with Gasteiger partial charge >= 0.3 is 0 Å². The van der Waals surface area contributed by atoms with Crippen molar-refractivity contribution in [3.63, 3.8) is 0 Å². The number of nitrogens with one attached hydrogen (secondary N) is 2. The summed E-state index contributed by atoms with van der Waals surface area (Å²) in [4.78, 5) is 18.4. The number of carbonyl (C=O) groups is 1. The Kier molecular flexibility index (Phi) is 7.83. The molecule has 0 bridgehead atoms. The molecular weight excluding hydrogens is 392 g/mol. The maximum Gasteiger partial charge on any atom is 0.236 e. The van der Waals surface area contributed by atoms with Gasteiger partial charge < -0.3 is 27.4 Å². The van der Waals surface area contributed by atoms with Crippen molar-refractivity contribution in [1.29, 1.82) is 0 Å². The van der Waals surface area contributed by atoms with E-state index in [0.717, 1.165) is 17.0 Å². The smallest absolute Gasteiger partial charge is 0.236 e. The second kappa shape index (κ2) is 11.0. The standard InChI is InChI=1S/C22H30N8O/c23-18(12-7-13-27-22(24)25)21(31)26-14-15-30-19(16-8-3-1-4-9-16)28-29-20(30)17-10-5-2-6-11-17/h1-6,8-11,18-19,28H,7,12-15,23H2,(H,26,31)(H4,24,25,27)/t18-,19?/m0/s1. The summed E-state index contributed by atoms with van der Waals surface area (Å²) in [5.41, 5.74) is 21.9. The normalized spacial score (nSPS) is 16.2. The Morgan fingerprint density at radius 2 is 1.81 bits per heavy atom. The summed E-state index contributed by atoms with van der Waals surface area (Å²) in [5.74, 6) is 0.692. The molecule has 9 nitrogen and oxygen atoms in total. The monoisotopic (exact) mass is 422 g/mol. The van der Waals surface area contributed by atoms with E-state index in [9.17, 15) is 4.79 Å². The van der Waals surface area contributed by atoms with E-state index >= 15 is 0 Å². The van der Waals surface area contributed by atoms with Crippen LogP contribution in [0.2, 0.25) is 0 Å². The van der Waals surface area contributed by atoms with Crippen molar-refractivity contribution in [2.45, 2.75) is 25.0 Å². The molecule has 1 aliphatic heterocycles. The first-order valence-electron chi connectivity index (χ1n) is 10.3. The van der Waals surface area contributed by atoms with Crippen molar-refractivity contribution in [2.24, 2.45) is 27.3 Å². The van der Waals surface area contributed by atoms with Crippen molar-refractivity contribution in [3.8, 4) is 0 Å². The van der Waals surface area contributed by atoms with Gasteiger partial charge in [-0.15, -0.1) is 0 Å². The Bertz CT molecular complexity index is 896. The van der Waals surface area contributed by atoms with Crippen LogP contribution in [-0.2, 0) is 4.79 Å². The lowest BCUT2D eigenvalue weighted by Gasteiger charge is -2.28. The van der Waals surface area contributed by atoms with Gasteiger partial charge in [0.1, 0.15) is 6.17 Å². The Hall–Kier alpha value is -3.59. The number of hydrogen-bond acceptors (Lipinski definition) is 6. The first-order chi connectivity index (χ1) is 15.1. The van der Waals surface area contributed by atoms with Gasteiger partial charge in [-0.1, -0.05) is 60.7 Å². The molecule has 0 saturated carbocycles. The number of rotatable bonds is 10. The van der Waals surface area contributed by atoms with Gasteiger partial charge in [-0.3, -0.25) is 15.2 Å². The lowest BCUT2D eigenvalue weighted by Crippen LogP contribution is -2.45. The van der Waals surface area contributed by atoms with Gasteiger partial charge in [0.25, 0.3) is 0 Å². The van der Waals surface area contributed by atoms with Crippen molar-refractivity contribution in [2.75, 3.05) is 19.6 Å². The minimum absolute atomic E-state index is 0.0427. The van der Waals surface area contributed by atoms with Crippen molar-refractivity contribution in [3.05, 3.63) is 71.8 Å². The van der Waals surface area contributed by atoms with E-state index in [1.165, 1.54) is 0 Å². The molecule has 2 aromatic rings. The number of amides is 1. The third-order valence-corrected chi connectivity index (χ3v) is 4.98. The number of nitrogens with zero attached hydrogens (tertiary/aromatic N) is 3. The van der Waals surface area contributed by atoms with E-state index in [1.54, 1.807) is 0 Å². The molecule has 0 fully saturated rings. The summed E-state index contributed by atoms with van der Waals surface area (Å²) in [6, 6.07) is 19.5. The van der Waals surface area contributed by atoms with Crippen LogP contribution in [0.3, 0.4) is 0 Å². The fourth-order valence-electron chi connectivity index (χ4n) is 3.40. The number of hydrogen-bond donors (Lipinski definition) is 5. The van der Waals surface area contributed by atoms with Crippen LogP contribution in [0.4, 0.5) is 0 Å². The molecule has 1 aliphatic rings. The van der Waals surface area contributed by atoms with Crippen molar-refractivity contribution >= 4 is 17.7 Å². The summed E-state index contributed by atoms with van der Waals surface area (Å²) in [6.45, 7) is 1.47. The molecule has 8 N–H and O–H groups in total. The summed E-state index contributed by atoms with van der Waals surface area (Å²) in [5, 5.41) is 7.49. The molecule has 3 rings (SSSR count). The number of aliphatic imine (C=N–C) groups is 1. The third kappa shape index (κ3) is 6.19. The molecule has 0 aromatic heterocycles. The first-order valence-corrected chi connectivity index (χ1v) is 10.3. The van der Waals surface area contributed by atoms with Crippen LogP contribution in [0.5, 0.6) is 0 Å². The lowest BCUT2D eigenvalue weighted by atomic mass is 10.1. The van der Waals surface area contributed by atoms with Crippen LogP contribution in [0.1, 0.15) is 30.1 Å². The number of amidine groups is 1. The second-order valence-electron chi connectivity index (χ2n) is 7.28. The molecule has 2 aromatic carbocycles. The molecule has 0 aliphatic carbocycles. The minimum atomic E-state index is -0.599. The van der Waals surface area contributed by atoms with E-state index in [-0.39, 0.29) is 18.0 Å². The van der Waals surface area contributed by atoms with E-state index < -0.39 is 6.04 Å². The molecule has 1 unspecified atom stereocenters. The summed E-state index contributed by atoms with van der Waals surface area (Å²) >= 11 is 0. The van der Waals surface area contributed by atoms with Crippen LogP contribution in [0, 0.1) is 0 Å². The first kappa shape index (κ1) is 22.1. The predicted molar refractivity (Wildman–Crippen MR) is 123 cm³/mol. The highest BCUT2D eigenvalue weighted by Crippen LogP contribution is 2.24. The second-order valence-corrected chi connectivity index (χ2v) is 7.28. The zero-order valence-corrected chi connectivity index (χ0v) is 17.4. The zero-order valence-electron chi connectivity index (χ0n) is 17.4. The van der Waals surface area contributed by atoms with Crippen LogP contribution >= 0.6 is 0 Å². The van der Waals surface area contributed by atoms with Crippen LogP contribution in [0.25, 0.3) is 0 Å². The number of hydrazone groups is 1. The SMILES string of the molecule is NC(N)=NCCC[C@H](N)C(=O)NCCN1C(c2ccccc2)=NNC1c1ccccc1. The van der Waals surface area contributed by atoms with E-state index in [4.69, 9.17) is 17.2 Å². The highest BCUT2D eigenvalue weighted by atomic mass is 16.2. The largest absolute Gasteiger partial charge is 0.370 e. The summed E-state index contributed by atoms with van der Waals surface area (Å²) in [7, 11) is 0. The molecule has 2 atom stereocenters. The number of guanidine groups is 1. The molecule has 0 radical (unpaired) electrons. The molecule has 1 heterocycles. The van der Waals surface area contributed by atoms with Crippen molar-refractivity contribution < 1.29 is 4.79 Å². The molecular formula is C22H30N8O. The van der Waals surface area contributed by atoms with Gasteiger partial charge in [-0.25, -0.2) is 0 Å². The predicted octanol–water partition coefficient (Wildman–Crippen LogP) is 0.449. The highest BCUT2D eigenvalue weighted by molar-refractivity contribution is 5.99. The van der Waals surface area contributed by atoms with E-state index in [2.05, 4.69) is 37.9 Å². The average Bonchev–Trinajstić information content (AvgIpc) is 3.21. The fourth-order valence-corrected chi connectivity index (χ4v) is 3.40.